The molecule has 7 nitrogen and oxygen atoms in total. The molecule has 0 saturated carbocycles. The fourth-order valence-electron chi connectivity index (χ4n) is 2.82. The fraction of sp³-hybridized carbons (Fsp3) is 0.545. The van der Waals surface area contributed by atoms with Gasteiger partial charge in [0.25, 0.3) is 0 Å². The third kappa shape index (κ3) is 6.86. The quantitative estimate of drug-likeness (QED) is 0.611. The molecule has 164 valence electrons. The first-order chi connectivity index (χ1) is 14.1. The maximum atomic E-state index is 12.1. The lowest BCUT2D eigenvalue weighted by Gasteiger charge is -2.19. The predicted molar refractivity (Wildman–Crippen MR) is 122 cm³/mol. The van der Waals surface area contributed by atoms with E-state index in [0.29, 0.717) is 24.2 Å². The smallest absolute Gasteiger partial charge is 0.321 e. The molecule has 3 amide bonds. The molecule has 0 fully saturated rings. The van der Waals surface area contributed by atoms with Crippen molar-refractivity contribution in [3.05, 3.63) is 29.8 Å². The molecule has 30 heavy (non-hydrogen) atoms. The Kier molecular flexibility index (Phi) is 8.46. The summed E-state index contributed by atoms with van der Waals surface area (Å²) in [6.45, 7) is 14.0. The van der Waals surface area contributed by atoms with E-state index in [-0.39, 0.29) is 17.1 Å². The molecule has 0 aliphatic rings. The van der Waals surface area contributed by atoms with Gasteiger partial charge >= 0.3 is 6.03 Å². The Morgan fingerprint density at radius 1 is 1.13 bits per heavy atom. The van der Waals surface area contributed by atoms with Crippen LogP contribution in [-0.4, -0.2) is 39.0 Å². The molecular formula is C22H33N5O2S. The van der Waals surface area contributed by atoms with Crippen LogP contribution in [0.5, 0.6) is 0 Å². The Bertz CT molecular complexity index is 853. The number of hydrogen-bond acceptors (Lipinski definition) is 5. The SMILES string of the molecule is CCn1c(SCC(=O)NC(=O)NCCC(C)C)nnc1-c1ccc(C(C)(C)C)cc1. The van der Waals surface area contributed by atoms with E-state index >= 15 is 0 Å². The maximum Gasteiger partial charge on any atom is 0.321 e. The third-order valence-electron chi connectivity index (χ3n) is 4.63. The van der Waals surface area contributed by atoms with Gasteiger partial charge in [0.2, 0.25) is 5.91 Å². The number of benzene rings is 1. The number of carbonyl (C=O) groups excluding carboxylic acids is 2. The molecule has 1 heterocycles. The summed E-state index contributed by atoms with van der Waals surface area (Å²) in [6.07, 6.45) is 0.871. The first kappa shape index (κ1) is 23.9. The van der Waals surface area contributed by atoms with Gasteiger partial charge in [0.15, 0.2) is 11.0 Å². The molecule has 2 rings (SSSR count). The summed E-state index contributed by atoms with van der Waals surface area (Å²) in [5, 5.41) is 14.3. The highest BCUT2D eigenvalue weighted by molar-refractivity contribution is 7.99. The molecular weight excluding hydrogens is 398 g/mol. The van der Waals surface area contributed by atoms with Gasteiger partial charge in [-0.3, -0.25) is 10.1 Å². The van der Waals surface area contributed by atoms with Gasteiger partial charge in [0.05, 0.1) is 5.75 Å². The molecule has 0 bridgehead atoms. The number of carbonyl (C=O) groups is 2. The summed E-state index contributed by atoms with van der Waals surface area (Å²) >= 11 is 1.27. The first-order valence-electron chi connectivity index (χ1n) is 10.4. The van der Waals surface area contributed by atoms with Crippen molar-refractivity contribution >= 4 is 23.7 Å². The summed E-state index contributed by atoms with van der Waals surface area (Å²) < 4.78 is 1.98. The van der Waals surface area contributed by atoms with E-state index in [1.165, 1.54) is 17.3 Å². The maximum absolute atomic E-state index is 12.1. The van der Waals surface area contributed by atoms with Crippen molar-refractivity contribution in [1.29, 1.82) is 0 Å². The van der Waals surface area contributed by atoms with Crippen LogP contribution in [0.2, 0.25) is 0 Å². The van der Waals surface area contributed by atoms with Crippen molar-refractivity contribution in [1.82, 2.24) is 25.4 Å². The normalized spacial score (nSPS) is 11.6. The summed E-state index contributed by atoms with van der Waals surface area (Å²) in [4.78, 5) is 23.9. The summed E-state index contributed by atoms with van der Waals surface area (Å²) in [7, 11) is 0. The second kappa shape index (κ2) is 10.6. The van der Waals surface area contributed by atoms with Gasteiger partial charge in [-0.2, -0.15) is 0 Å². The minimum absolute atomic E-state index is 0.0897. The van der Waals surface area contributed by atoms with Crippen LogP contribution >= 0.6 is 11.8 Å². The van der Waals surface area contributed by atoms with Gasteiger partial charge in [-0.15, -0.1) is 10.2 Å². The van der Waals surface area contributed by atoms with Gasteiger partial charge in [-0.05, 0) is 30.2 Å². The first-order valence-corrected chi connectivity index (χ1v) is 11.3. The second-order valence-corrected chi connectivity index (χ2v) is 9.60. The molecule has 2 N–H and O–H groups in total. The van der Waals surface area contributed by atoms with Crippen molar-refractivity contribution in [2.45, 2.75) is 65.1 Å². The molecule has 0 aliphatic carbocycles. The third-order valence-corrected chi connectivity index (χ3v) is 5.60. The van der Waals surface area contributed by atoms with Crippen LogP contribution in [0.1, 0.15) is 53.5 Å². The van der Waals surface area contributed by atoms with Crippen LogP contribution in [0.25, 0.3) is 11.4 Å². The van der Waals surface area contributed by atoms with Gasteiger partial charge < -0.3 is 9.88 Å². The minimum atomic E-state index is -0.460. The number of nitrogens with one attached hydrogen (secondary N) is 2. The molecule has 1 aromatic carbocycles. The Labute approximate surface area is 183 Å². The van der Waals surface area contributed by atoms with E-state index in [4.69, 9.17) is 0 Å². The van der Waals surface area contributed by atoms with E-state index in [0.717, 1.165) is 17.8 Å². The summed E-state index contributed by atoms with van der Waals surface area (Å²) in [6, 6.07) is 7.88. The highest BCUT2D eigenvalue weighted by atomic mass is 32.2. The lowest BCUT2D eigenvalue weighted by atomic mass is 9.87. The van der Waals surface area contributed by atoms with Crippen LogP contribution in [0.4, 0.5) is 4.79 Å². The average Bonchev–Trinajstić information content (AvgIpc) is 3.08. The zero-order valence-electron chi connectivity index (χ0n) is 18.8. The van der Waals surface area contributed by atoms with Crippen molar-refractivity contribution in [2.24, 2.45) is 5.92 Å². The number of aromatic nitrogens is 3. The molecule has 0 radical (unpaired) electrons. The lowest BCUT2D eigenvalue weighted by molar-refractivity contribution is -0.117. The van der Waals surface area contributed by atoms with Crippen LogP contribution in [0.15, 0.2) is 29.4 Å². The molecule has 0 aliphatic heterocycles. The largest absolute Gasteiger partial charge is 0.338 e. The van der Waals surface area contributed by atoms with Crippen LogP contribution in [0, 0.1) is 5.92 Å². The number of hydrogen-bond donors (Lipinski definition) is 2. The van der Waals surface area contributed by atoms with Crippen LogP contribution in [-0.2, 0) is 16.8 Å². The highest BCUT2D eigenvalue weighted by Crippen LogP contribution is 2.27. The van der Waals surface area contributed by atoms with Gasteiger partial charge in [0, 0.05) is 18.7 Å². The van der Waals surface area contributed by atoms with Crippen LogP contribution in [0.3, 0.4) is 0 Å². The zero-order valence-corrected chi connectivity index (χ0v) is 19.6. The van der Waals surface area contributed by atoms with E-state index in [1.54, 1.807) is 0 Å². The number of imide groups is 1. The monoisotopic (exact) mass is 431 g/mol. The Morgan fingerprint density at radius 3 is 2.37 bits per heavy atom. The number of nitrogens with zero attached hydrogens (tertiary/aromatic N) is 3. The van der Waals surface area contributed by atoms with E-state index in [1.807, 2.05) is 11.5 Å². The highest BCUT2D eigenvalue weighted by Gasteiger charge is 2.17. The summed E-state index contributed by atoms with van der Waals surface area (Å²) in [5.74, 6) is 1.01. The Morgan fingerprint density at radius 2 is 1.80 bits per heavy atom. The minimum Gasteiger partial charge on any atom is -0.338 e. The standard InChI is InChI=1S/C22H33N5O2S/c1-7-27-19(16-8-10-17(11-9-16)22(4,5)6)25-26-21(27)30-14-18(28)24-20(29)23-13-12-15(2)3/h8-11,15H,7,12-14H2,1-6H3,(H2,23,24,28,29). The molecule has 8 heteroatoms. The fourth-order valence-corrected chi connectivity index (χ4v) is 3.63. The molecule has 1 aromatic heterocycles. The number of thioether (sulfide) groups is 1. The second-order valence-electron chi connectivity index (χ2n) is 8.65. The van der Waals surface area contributed by atoms with Crippen molar-refractivity contribution < 1.29 is 9.59 Å². The Hall–Kier alpha value is -2.35. The zero-order chi connectivity index (χ0) is 22.3. The molecule has 0 spiro atoms. The lowest BCUT2D eigenvalue weighted by Crippen LogP contribution is -2.40. The molecule has 0 saturated heterocycles. The van der Waals surface area contributed by atoms with E-state index in [2.05, 4.69) is 79.7 Å². The molecule has 0 unspecified atom stereocenters. The number of amides is 3. The topological polar surface area (TPSA) is 88.9 Å². The van der Waals surface area contributed by atoms with Crippen molar-refractivity contribution in [3.63, 3.8) is 0 Å². The van der Waals surface area contributed by atoms with Gasteiger partial charge in [0.1, 0.15) is 0 Å². The molecule has 2 aromatic rings. The van der Waals surface area contributed by atoms with Crippen LogP contribution < -0.4 is 10.6 Å². The van der Waals surface area contributed by atoms with Crippen molar-refractivity contribution in [2.75, 3.05) is 12.3 Å². The number of urea groups is 1. The Balaban J connectivity index is 1.97. The molecule has 0 atom stereocenters. The predicted octanol–water partition coefficient (Wildman–Crippen LogP) is 4.23. The van der Waals surface area contributed by atoms with Crippen molar-refractivity contribution in [3.8, 4) is 11.4 Å². The summed E-state index contributed by atoms with van der Waals surface area (Å²) in [5.41, 5.74) is 2.33. The van der Waals surface area contributed by atoms with Gasteiger partial charge in [-0.1, -0.05) is 70.6 Å². The van der Waals surface area contributed by atoms with E-state index < -0.39 is 6.03 Å². The van der Waals surface area contributed by atoms with E-state index in [9.17, 15) is 9.59 Å². The average molecular weight is 432 g/mol. The number of rotatable bonds is 8. The van der Waals surface area contributed by atoms with Gasteiger partial charge in [-0.25, -0.2) is 4.79 Å².